The molecule has 1 aliphatic rings. The first-order chi connectivity index (χ1) is 10.7. The highest BCUT2D eigenvalue weighted by atomic mass is 14.7. The minimum atomic E-state index is 0.306. The van der Waals surface area contributed by atoms with Crippen LogP contribution in [0.2, 0.25) is 0 Å². The second-order valence-electron chi connectivity index (χ2n) is 6.27. The summed E-state index contributed by atoms with van der Waals surface area (Å²) in [5.41, 5.74) is 10.6. The molecule has 0 saturated carbocycles. The zero-order chi connectivity index (χ0) is 15.3. The number of fused-ring (bicyclic) bond motifs is 3. The first kappa shape index (κ1) is 13.3. The van der Waals surface area contributed by atoms with Crippen LogP contribution in [-0.4, -0.2) is 11.7 Å². The fraction of sp³-hybridized carbons (Fsp3) is 0.150. The van der Waals surface area contributed by atoms with Gasteiger partial charge in [-0.3, -0.25) is 4.98 Å². The van der Waals surface area contributed by atoms with E-state index in [-0.39, 0.29) is 0 Å². The Kier molecular flexibility index (Phi) is 2.93. The number of aromatic nitrogens is 1. The van der Waals surface area contributed by atoms with Crippen LogP contribution < -0.4 is 16.4 Å². The summed E-state index contributed by atoms with van der Waals surface area (Å²) in [6, 6.07) is 17.5. The zero-order valence-electron chi connectivity index (χ0n) is 13.2. The Hall–Kier alpha value is -2.35. The maximum Gasteiger partial charge on any atom is 0.245 e. The van der Waals surface area contributed by atoms with Gasteiger partial charge in [0.25, 0.3) is 0 Å². The lowest BCUT2D eigenvalue weighted by Crippen LogP contribution is -2.51. The van der Waals surface area contributed by atoms with Crippen LogP contribution in [-0.2, 0) is 0 Å². The van der Waals surface area contributed by atoms with E-state index in [4.69, 9.17) is 0 Å². The highest BCUT2D eigenvalue weighted by molar-refractivity contribution is 6.99. The molecule has 106 valence electrons. The molecule has 0 saturated heterocycles. The molecule has 4 rings (SSSR count). The second kappa shape index (κ2) is 4.84. The highest BCUT2D eigenvalue weighted by Gasteiger charge is 2.35. The van der Waals surface area contributed by atoms with Gasteiger partial charge in [-0.15, -0.1) is 0 Å². The lowest BCUT2D eigenvalue weighted by atomic mass is 9.37. The minimum Gasteiger partial charge on any atom is -0.257 e. The van der Waals surface area contributed by atoms with Gasteiger partial charge in [-0.25, -0.2) is 0 Å². The average Bonchev–Trinajstić information content (AvgIpc) is 2.82. The molecule has 2 heteroatoms. The van der Waals surface area contributed by atoms with Crippen molar-refractivity contribution in [3.05, 3.63) is 71.4 Å². The molecule has 0 N–H and O–H groups in total. The van der Waals surface area contributed by atoms with Crippen LogP contribution >= 0.6 is 0 Å². The molecule has 0 amide bonds. The van der Waals surface area contributed by atoms with E-state index in [2.05, 4.69) is 74.3 Å². The molecule has 1 nitrogen and oxygen atoms in total. The van der Waals surface area contributed by atoms with E-state index in [1.807, 2.05) is 6.20 Å². The van der Waals surface area contributed by atoms with Crippen molar-refractivity contribution < 1.29 is 0 Å². The van der Waals surface area contributed by atoms with Crippen LogP contribution in [0.25, 0.3) is 11.3 Å². The summed E-state index contributed by atoms with van der Waals surface area (Å²) in [4.78, 5) is 4.65. The normalized spacial score (nSPS) is 12.2. The summed E-state index contributed by atoms with van der Waals surface area (Å²) in [6.07, 6.45) is 1.90. The van der Waals surface area contributed by atoms with Crippen molar-refractivity contribution >= 4 is 23.1 Å². The monoisotopic (exact) mass is 283 g/mol. The summed E-state index contributed by atoms with van der Waals surface area (Å²) in [5, 5.41) is 0. The number of pyridine rings is 1. The third-order valence-corrected chi connectivity index (χ3v) is 4.70. The molecule has 2 aromatic carbocycles. The van der Waals surface area contributed by atoms with Crippen LogP contribution in [0.15, 0.2) is 54.7 Å². The van der Waals surface area contributed by atoms with Gasteiger partial charge in [0, 0.05) is 6.20 Å². The minimum absolute atomic E-state index is 0.306. The molecule has 0 fully saturated rings. The number of nitrogens with zero attached hydrogens (tertiary/aromatic N) is 1. The van der Waals surface area contributed by atoms with Gasteiger partial charge < -0.3 is 0 Å². The zero-order valence-corrected chi connectivity index (χ0v) is 13.2. The first-order valence-electron chi connectivity index (χ1n) is 7.79. The quantitative estimate of drug-likeness (QED) is 0.489. The fourth-order valence-corrected chi connectivity index (χ4v) is 3.97. The Balaban J connectivity index is 2.04. The van der Waals surface area contributed by atoms with Crippen molar-refractivity contribution in [3.63, 3.8) is 0 Å². The molecule has 0 radical (unpaired) electrons. The smallest absolute Gasteiger partial charge is 0.245 e. The molecular formula is C20H18BN. The van der Waals surface area contributed by atoms with E-state index in [0.717, 1.165) is 5.69 Å². The van der Waals surface area contributed by atoms with Gasteiger partial charge in [-0.05, 0) is 37.9 Å². The van der Waals surface area contributed by atoms with E-state index < -0.39 is 0 Å². The maximum absolute atomic E-state index is 4.65. The Morgan fingerprint density at radius 2 is 1.50 bits per heavy atom. The van der Waals surface area contributed by atoms with E-state index in [1.165, 1.54) is 38.6 Å². The predicted molar refractivity (Wildman–Crippen MR) is 95.0 cm³/mol. The van der Waals surface area contributed by atoms with Crippen LogP contribution in [0.4, 0.5) is 0 Å². The van der Waals surface area contributed by atoms with E-state index >= 15 is 0 Å². The van der Waals surface area contributed by atoms with Crippen molar-refractivity contribution in [2.24, 2.45) is 0 Å². The van der Waals surface area contributed by atoms with Crippen molar-refractivity contribution in [2.75, 3.05) is 0 Å². The molecule has 2 heterocycles. The van der Waals surface area contributed by atoms with Crippen LogP contribution in [0.5, 0.6) is 0 Å². The van der Waals surface area contributed by atoms with E-state index in [0.29, 0.717) is 6.71 Å². The van der Waals surface area contributed by atoms with Crippen LogP contribution in [0, 0.1) is 20.8 Å². The van der Waals surface area contributed by atoms with Gasteiger partial charge in [-0.2, -0.15) is 0 Å². The summed E-state index contributed by atoms with van der Waals surface area (Å²) < 4.78 is 0. The standard InChI is InChI=1S/C20H18BN/c1-13-11-14(2)19(15(3)12-13)21-17-8-5-4-7-16(17)20-18(21)9-6-10-22-20/h4-12H,1-3H3. The topological polar surface area (TPSA) is 12.9 Å². The number of aryl methyl sites for hydroxylation is 3. The summed E-state index contributed by atoms with van der Waals surface area (Å²) in [7, 11) is 0. The number of benzene rings is 2. The molecule has 0 bridgehead atoms. The van der Waals surface area contributed by atoms with Crippen molar-refractivity contribution in [1.82, 2.24) is 4.98 Å². The molecular weight excluding hydrogens is 265 g/mol. The van der Waals surface area contributed by atoms with Gasteiger partial charge in [0.15, 0.2) is 0 Å². The Morgan fingerprint density at radius 1 is 0.818 bits per heavy atom. The molecule has 0 spiro atoms. The Morgan fingerprint density at radius 3 is 2.27 bits per heavy atom. The summed E-state index contributed by atoms with van der Waals surface area (Å²) in [6.45, 7) is 6.93. The van der Waals surface area contributed by atoms with Crippen LogP contribution in [0.3, 0.4) is 0 Å². The lowest BCUT2D eigenvalue weighted by Gasteiger charge is -2.17. The van der Waals surface area contributed by atoms with Gasteiger partial charge in [0.1, 0.15) is 0 Å². The molecule has 0 aliphatic carbocycles. The van der Waals surface area contributed by atoms with Crippen LogP contribution in [0.1, 0.15) is 16.7 Å². The average molecular weight is 283 g/mol. The van der Waals surface area contributed by atoms with Crippen molar-refractivity contribution in [1.29, 1.82) is 0 Å². The Labute approximate surface area is 132 Å². The van der Waals surface area contributed by atoms with Gasteiger partial charge in [-0.1, -0.05) is 70.1 Å². The molecule has 1 aliphatic heterocycles. The van der Waals surface area contributed by atoms with E-state index in [1.54, 1.807) is 0 Å². The molecule has 22 heavy (non-hydrogen) atoms. The highest BCUT2D eigenvalue weighted by Crippen LogP contribution is 2.21. The van der Waals surface area contributed by atoms with E-state index in [9.17, 15) is 0 Å². The molecule has 1 aromatic heterocycles. The molecule has 3 aromatic rings. The molecule has 0 atom stereocenters. The Bertz CT molecular complexity index is 814. The predicted octanol–water partition coefficient (Wildman–Crippen LogP) is 2.50. The van der Waals surface area contributed by atoms with Gasteiger partial charge in [0.2, 0.25) is 6.71 Å². The number of hydrogen-bond donors (Lipinski definition) is 0. The maximum atomic E-state index is 4.65. The third-order valence-electron chi connectivity index (χ3n) is 4.70. The SMILES string of the molecule is Cc1cc(C)c(B2c3ccccc3-c3ncccc32)c(C)c1. The van der Waals surface area contributed by atoms with Gasteiger partial charge in [0.05, 0.1) is 5.69 Å². The number of hydrogen-bond acceptors (Lipinski definition) is 1. The lowest BCUT2D eigenvalue weighted by molar-refractivity contribution is 1.35. The van der Waals surface area contributed by atoms with Gasteiger partial charge >= 0.3 is 0 Å². The molecule has 0 unspecified atom stereocenters. The third kappa shape index (κ3) is 1.84. The second-order valence-corrected chi connectivity index (χ2v) is 6.27. The fourth-order valence-electron chi connectivity index (χ4n) is 3.97. The van der Waals surface area contributed by atoms with Crippen molar-refractivity contribution in [3.8, 4) is 11.3 Å². The number of rotatable bonds is 1. The first-order valence-corrected chi connectivity index (χ1v) is 7.79. The largest absolute Gasteiger partial charge is 0.257 e. The summed E-state index contributed by atoms with van der Waals surface area (Å²) >= 11 is 0. The van der Waals surface area contributed by atoms with Crippen molar-refractivity contribution in [2.45, 2.75) is 20.8 Å². The summed E-state index contributed by atoms with van der Waals surface area (Å²) in [5.74, 6) is 0.